The summed E-state index contributed by atoms with van der Waals surface area (Å²) >= 11 is 0. The van der Waals surface area contributed by atoms with Crippen molar-refractivity contribution in [1.82, 2.24) is 4.98 Å². The van der Waals surface area contributed by atoms with Gasteiger partial charge in [0.05, 0.1) is 11.1 Å². The first-order valence-corrected chi connectivity index (χ1v) is 7.92. The molecule has 1 heterocycles. The molecule has 3 heteroatoms. The topological polar surface area (TPSA) is 42.4 Å². The lowest BCUT2D eigenvalue weighted by atomic mass is 9.78. The Morgan fingerprint density at radius 2 is 2.05 bits per heavy atom. The molecule has 1 aromatic carbocycles. The summed E-state index contributed by atoms with van der Waals surface area (Å²) in [6, 6.07) is 9.97. The van der Waals surface area contributed by atoms with Gasteiger partial charge in [-0.05, 0) is 43.5 Å². The number of benzene rings is 1. The van der Waals surface area contributed by atoms with Crippen molar-refractivity contribution in [3.63, 3.8) is 0 Å². The molecule has 1 atom stereocenters. The van der Waals surface area contributed by atoms with E-state index in [0.29, 0.717) is 6.61 Å². The molecule has 3 rings (SSSR count). The monoisotopic (exact) mass is 285 g/mol. The molecule has 0 saturated heterocycles. The molecule has 1 aromatic heterocycles. The minimum atomic E-state index is -0.567. The van der Waals surface area contributed by atoms with E-state index < -0.39 is 11.7 Å². The molecule has 21 heavy (non-hydrogen) atoms. The number of hydrogen-bond donors (Lipinski definition) is 1. The third kappa shape index (κ3) is 2.81. The Kier molecular flexibility index (Phi) is 4.22. The maximum atomic E-state index is 10.9. The number of aromatic nitrogens is 1. The minimum absolute atomic E-state index is 0.414. The van der Waals surface area contributed by atoms with Crippen LogP contribution in [0.3, 0.4) is 0 Å². The predicted molar refractivity (Wildman–Crippen MR) is 84.1 cm³/mol. The highest BCUT2D eigenvalue weighted by Gasteiger charge is 2.40. The lowest BCUT2D eigenvalue weighted by molar-refractivity contribution is -0.141. The number of ether oxygens (including phenoxy) is 1. The predicted octanol–water partition coefficient (Wildman–Crippen LogP) is 4.01. The lowest BCUT2D eigenvalue weighted by Gasteiger charge is -2.41. The number of pyridine rings is 1. The van der Waals surface area contributed by atoms with Gasteiger partial charge in [-0.1, -0.05) is 31.4 Å². The number of rotatable bonds is 4. The molecule has 0 amide bonds. The van der Waals surface area contributed by atoms with Crippen molar-refractivity contribution in [2.45, 2.75) is 50.7 Å². The fourth-order valence-corrected chi connectivity index (χ4v) is 3.50. The highest BCUT2D eigenvalue weighted by molar-refractivity contribution is 5.79. The Hall–Kier alpha value is -1.45. The van der Waals surface area contributed by atoms with E-state index in [-0.39, 0.29) is 0 Å². The van der Waals surface area contributed by atoms with Gasteiger partial charge in [-0.25, -0.2) is 0 Å². The normalized spacial score (nSPS) is 19.5. The van der Waals surface area contributed by atoms with Crippen LogP contribution in [-0.2, 0) is 4.74 Å². The molecule has 1 N–H and O–H groups in total. The molecule has 1 saturated carbocycles. The zero-order valence-corrected chi connectivity index (χ0v) is 12.6. The zero-order valence-electron chi connectivity index (χ0n) is 12.6. The van der Waals surface area contributed by atoms with Crippen LogP contribution < -0.4 is 0 Å². The zero-order chi connectivity index (χ0) is 14.7. The molecule has 1 aliphatic rings. The summed E-state index contributed by atoms with van der Waals surface area (Å²) in [6.07, 6.45) is 6.60. The summed E-state index contributed by atoms with van der Waals surface area (Å²) in [5, 5.41) is 12.0. The largest absolute Gasteiger partial charge is 0.385 e. The van der Waals surface area contributed by atoms with Crippen LogP contribution in [0.2, 0.25) is 0 Å². The van der Waals surface area contributed by atoms with Crippen LogP contribution in [0.4, 0.5) is 0 Å². The highest BCUT2D eigenvalue weighted by Crippen LogP contribution is 2.41. The molecular weight excluding hydrogens is 262 g/mol. The van der Waals surface area contributed by atoms with Crippen molar-refractivity contribution in [3.05, 3.63) is 42.1 Å². The fraction of sp³-hybridized carbons (Fsp3) is 0.500. The van der Waals surface area contributed by atoms with E-state index in [1.54, 1.807) is 6.20 Å². The van der Waals surface area contributed by atoms with Gasteiger partial charge in [-0.2, -0.15) is 0 Å². The molecule has 0 bridgehead atoms. The molecular formula is C18H23NO2. The number of aliphatic hydroxyl groups excluding tert-OH is 1. The van der Waals surface area contributed by atoms with Crippen LogP contribution in [0.25, 0.3) is 10.9 Å². The minimum Gasteiger partial charge on any atom is -0.385 e. The van der Waals surface area contributed by atoms with E-state index in [9.17, 15) is 5.11 Å². The van der Waals surface area contributed by atoms with Crippen LogP contribution >= 0.6 is 0 Å². The maximum absolute atomic E-state index is 10.9. The van der Waals surface area contributed by atoms with E-state index in [4.69, 9.17) is 4.74 Å². The number of hydrogen-bond acceptors (Lipinski definition) is 3. The van der Waals surface area contributed by atoms with E-state index in [1.165, 1.54) is 6.42 Å². The van der Waals surface area contributed by atoms with E-state index in [2.05, 4.69) is 4.98 Å². The summed E-state index contributed by atoms with van der Waals surface area (Å²) < 4.78 is 6.03. The third-order valence-electron chi connectivity index (χ3n) is 4.57. The van der Waals surface area contributed by atoms with Crippen LogP contribution in [0.1, 0.15) is 50.7 Å². The number of nitrogens with zero attached hydrogens (tertiary/aromatic N) is 1. The second-order valence-corrected chi connectivity index (χ2v) is 5.92. The fourth-order valence-electron chi connectivity index (χ4n) is 3.50. The van der Waals surface area contributed by atoms with Gasteiger partial charge in [0.2, 0.25) is 0 Å². The highest BCUT2D eigenvalue weighted by atomic mass is 16.5. The van der Waals surface area contributed by atoms with Gasteiger partial charge >= 0.3 is 0 Å². The van der Waals surface area contributed by atoms with Gasteiger partial charge in [0.25, 0.3) is 0 Å². The molecule has 0 aliphatic heterocycles. The van der Waals surface area contributed by atoms with Crippen molar-refractivity contribution in [2.75, 3.05) is 6.61 Å². The van der Waals surface area contributed by atoms with Gasteiger partial charge in [-0.3, -0.25) is 4.98 Å². The first kappa shape index (κ1) is 14.5. The van der Waals surface area contributed by atoms with E-state index >= 15 is 0 Å². The Morgan fingerprint density at radius 1 is 1.24 bits per heavy atom. The summed E-state index contributed by atoms with van der Waals surface area (Å²) in [7, 11) is 0. The Bertz CT molecular complexity index is 599. The summed E-state index contributed by atoms with van der Waals surface area (Å²) in [4.78, 5) is 4.33. The summed E-state index contributed by atoms with van der Waals surface area (Å²) in [5.74, 6) is 0. The van der Waals surface area contributed by atoms with Crippen molar-refractivity contribution < 1.29 is 9.84 Å². The van der Waals surface area contributed by atoms with Crippen LogP contribution in [0.5, 0.6) is 0 Å². The standard InChI is InChI=1S/C18H23NO2/c1-2-21-18(10-4-3-5-11-18)17(20)15-8-9-16-14(13-15)7-6-12-19-16/h6-9,12-13,17,20H,2-5,10-11H2,1H3. The van der Waals surface area contributed by atoms with Gasteiger partial charge in [0, 0.05) is 18.2 Å². The Labute approximate surface area is 126 Å². The Morgan fingerprint density at radius 3 is 2.81 bits per heavy atom. The molecule has 1 unspecified atom stereocenters. The molecule has 112 valence electrons. The van der Waals surface area contributed by atoms with Crippen molar-refractivity contribution in [3.8, 4) is 0 Å². The maximum Gasteiger partial charge on any atom is 0.108 e. The van der Waals surface area contributed by atoms with Gasteiger partial charge in [0.15, 0.2) is 0 Å². The Balaban J connectivity index is 1.95. The third-order valence-corrected chi connectivity index (χ3v) is 4.57. The average Bonchev–Trinajstić information content (AvgIpc) is 2.55. The van der Waals surface area contributed by atoms with Crippen LogP contribution in [0.15, 0.2) is 36.5 Å². The van der Waals surface area contributed by atoms with Gasteiger partial charge in [-0.15, -0.1) is 0 Å². The second-order valence-electron chi connectivity index (χ2n) is 5.92. The smallest absolute Gasteiger partial charge is 0.108 e. The first-order chi connectivity index (χ1) is 10.2. The molecule has 0 spiro atoms. The average molecular weight is 285 g/mol. The number of fused-ring (bicyclic) bond motifs is 1. The summed E-state index contributed by atoms with van der Waals surface area (Å²) in [6.45, 7) is 2.65. The first-order valence-electron chi connectivity index (χ1n) is 7.92. The molecule has 1 aliphatic carbocycles. The van der Waals surface area contributed by atoms with Crippen molar-refractivity contribution in [1.29, 1.82) is 0 Å². The summed E-state index contributed by atoms with van der Waals surface area (Å²) in [5.41, 5.74) is 1.48. The molecule has 3 nitrogen and oxygen atoms in total. The van der Waals surface area contributed by atoms with Crippen LogP contribution in [-0.4, -0.2) is 22.3 Å². The lowest BCUT2D eigenvalue weighted by Crippen LogP contribution is -2.41. The molecule has 1 fully saturated rings. The van der Waals surface area contributed by atoms with E-state index in [1.807, 2.05) is 37.3 Å². The van der Waals surface area contributed by atoms with Crippen LogP contribution in [0, 0.1) is 0 Å². The van der Waals surface area contributed by atoms with Gasteiger partial charge < -0.3 is 9.84 Å². The molecule has 2 aromatic rings. The quantitative estimate of drug-likeness (QED) is 0.923. The van der Waals surface area contributed by atoms with Gasteiger partial charge in [0.1, 0.15) is 6.10 Å². The number of aliphatic hydroxyl groups is 1. The SMILES string of the molecule is CCOC1(C(O)c2ccc3ncccc3c2)CCCCC1. The molecule has 0 radical (unpaired) electrons. The second kappa shape index (κ2) is 6.12. The van der Waals surface area contributed by atoms with Crippen molar-refractivity contribution >= 4 is 10.9 Å². The van der Waals surface area contributed by atoms with E-state index in [0.717, 1.165) is 42.1 Å². The van der Waals surface area contributed by atoms with Crippen molar-refractivity contribution in [2.24, 2.45) is 0 Å².